The highest BCUT2D eigenvalue weighted by Gasteiger charge is 2.43. The zero-order valence-corrected chi connectivity index (χ0v) is 14.8. The molecule has 1 saturated carbocycles. The molecule has 0 aromatic heterocycles. The van der Waals surface area contributed by atoms with E-state index in [0.29, 0.717) is 6.23 Å². The lowest BCUT2D eigenvalue weighted by Crippen LogP contribution is -2.56. The van der Waals surface area contributed by atoms with Gasteiger partial charge in [-0.25, -0.2) is 0 Å². The van der Waals surface area contributed by atoms with Crippen molar-refractivity contribution in [3.05, 3.63) is 30.3 Å². The Hall–Kier alpha value is -0.643. The summed E-state index contributed by atoms with van der Waals surface area (Å²) in [7, 11) is -1.78. The number of aliphatic hydroxyl groups excluding tert-OH is 1. The summed E-state index contributed by atoms with van der Waals surface area (Å²) in [5.41, 5.74) is 0.796. The molecule has 3 rings (SSSR count). The van der Waals surface area contributed by atoms with E-state index in [9.17, 15) is 5.11 Å². The van der Waals surface area contributed by atoms with E-state index < -0.39 is 8.07 Å². The van der Waals surface area contributed by atoms with Crippen LogP contribution in [-0.2, 0) is 0 Å². The van der Waals surface area contributed by atoms with Crippen LogP contribution in [0.15, 0.2) is 30.3 Å². The fraction of sp³-hybridized carbons (Fsp3) is 0.684. The third kappa shape index (κ3) is 3.47. The van der Waals surface area contributed by atoms with Crippen LogP contribution < -0.4 is 5.19 Å². The van der Waals surface area contributed by atoms with Crippen LogP contribution in [0.25, 0.3) is 0 Å². The Morgan fingerprint density at radius 2 is 1.64 bits per heavy atom. The van der Waals surface area contributed by atoms with Gasteiger partial charge in [0.2, 0.25) is 0 Å². The highest BCUT2D eigenvalue weighted by Crippen LogP contribution is 2.40. The molecule has 3 heteroatoms. The molecule has 1 saturated heterocycles. The van der Waals surface area contributed by atoms with Gasteiger partial charge in [-0.1, -0.05) is 67.6 Å². The number of piperidine rings is 1. The molecule has 1 aromatic carbocycles. The van der Waals surface area contributed by atoms with Gasteiger partial charge in [0.1, 0.15) is 8.07 Å². The molecule has 0 unspecified atom stereocenters. The first-order valence-electron chi connectivity index (χ1n) is 9.24. The van der Waals surface area contributed by atoms with Crippen molar-refractivity contribution in [2.45, 2.75) is 56.5 Å². The maximum atomic E-state index is 10.5. The SMILES string of the molecule is OC[Si@](CCN1CCCCC1)(c1ccccc1)C1CCCC1. The predicted molar refractivity (Wildman–Crippen MR) is 96.2 cm³/mol. The fourth-order valence-corrected chi connectivity index (χ4v) is 9.52. The van der Waals surface area contributed by atoms with Crippen molar-refractivity contribution in [1.29, 1.82) is 0 Å². The van der Waals surface area contributed by atoms with Crippen LogP contribution in [0, 0.1) is 0 Å². The normalized spacial score (nSPS) is 23.5. The van der Waals surface area contributed by atoms with Gasteiger partial charge < -0.3 is 10.0 Å². The predicted octanol–water partition coefficient (Wildman–Crippen LogP) is 3.30. The molecule has 1 aliphatic carbocycles. The summed E-state index contributed by atoms with van der Waals surface area (Å²) in [4.78, 5) is 2.65. The summed E-state index contributed by atoms with van der Waals surface area (Å²) >= 11 is 0. The van der Waals surface area contributed by atoms with Crippen LogP contribution in [0.4, 0.5) is 0 Å². The maximum Gasteiger partial charge on any atom is 0.119 e. The maximum absolute atomic E-state index is 10.5. The second-order valence-corrected chi connectivity index (χ2v) is 11.8. The lowest BCUT2D eigenvalue weighted by molar-refractivity contribution is 0.238. The largest absolute Gasteiger partial charge is 0.399 e. The number of likely N-dealkylation sites (tertiary alicyclic amines) is 1. The Kier molecular flexibility index (Phi) is 5.72. The summed E-state index contributed by atoms with van der Waals surface area (Å²) in [6.07, 6.45) is 10.0. The molecule has 2 fully saturated rings. The first-order valence-corrected chi connectivity index (χ1v) is 11.7. The topological polar surface area (TPSA) is 23.5 Å². The number of rotatable bonds is 6. The monoisotopic (exact) mass is 317 g/mol. The van der Waals surface area contributed by atoms with E-state index in [1.54, 1.807) is 0 Å². The van der Waals surface area contributed by atoms with Gasteiger partial charge in [-0.2, -0.15) is 0 Å². The van der Waals surface area contributed by atoms with E-state index in [4.69, 9.17) is 0 Å². The van der Waals surface area contributed by atoms with E-state index in [1.165, 1.54) is 75.8 Å². The third-order valence-corrected chi connectivity index (χ3v) is 11.4. The number of hydrogen-bond acceptors (Lipinski definition) is 2. The van der Waals surface area contributed by atoms with Crippen molar-refractivity contribution in [2.75, 3.05) is 25.9 Å². The second-order valence-electron chi connectivity index (χ2n) is 7.31. The van der Waals surface area contributed by atoms with Gasteiger partial charge in [0, 0.05) is 6.23 Å². The molecule has 22 heavy (non-hydrogen) atoms. The van der Waals surface area contributed by atoms with Crippen molar-refractivity contribution in [1.82, 2.24) is 4.90 Å². The highest BCUT2D eigenvalue weighted by molar-refractivity contribution is 6.93. The number of aliphatic hydroxyl groups is 1. The highest BCUT2D eigenvalue weighted by atomic mass is 28.3. The standard InChI is InChI=1S/C19H31NOSi/c21-17-22(19-11-5-6-12-19,18-9-3-1-4-10-18)16-15-20-13-7-2-8-14-20/h1,3-4,9-10,19,21H,2,5-8,11-17H2/t22-/m1/s1. The molecular formula is C19H31NOSi. The fourth-order valence-electron chi connectivity index (χ4n) is 4.67. The Balaban J connectivity index is 1.78. The third-order valence-electron chi connectivity index (χ3n) is 6.09. The Morgan fingerprint density at radius 1 is 0.955 bits per heavy atom. The molecular weight excluding hydrogens is 286 g/mol. The van der Waals surface area contributed by atoms with E-state index in [0.717, 1.165) is 5.54 Å². The second kappa shape index (κ2) is 7.76. The molecule has 1 aromatic rings. The molecule has 0 radical (unpaired) electrons. The summed E-state index contributed by atoms with van der Waals surface area (Å²) in [5, 5.41) is 12.0. The average molecular weight is 318 g/mol. The van der Waals surface area contributed by atoms with E-state index in [-0.39, 0.29) is 0 Å². The van der Waals surface area contributed by atoms with Crippen LogP contribution in [-0.4, -0.2) is 43.9 Å². The van der Waals surface area contributed by atoms with Gasteiger partial charge in [0.05, 0.1) is 0 Å². The Morgan fingerprint density at radius 3 is 2.27 bits per heavy atom. The van der Waals surface area contributed by atoms with Crippen LogP contribution in [0.1, 0.15) is 44.9 Å². The Bertz CT molecular complexity index is 440. The van der Waals surface area contributed by atoms with Gasteiger partial charge in [-0.3, -0.25) is 0 Å². The molecule has 0 spiro atoms. The minimum absolute atomic E-state index is 0.440. The molecule has 122 valence electrons. The minimum atomic E-state index is -1.78. The van der Waals surface area contributed by atoms with Crippen LogP contribution in [0.3, 0.4) is 0 Å². The Labute approximate surface area is 136 Å². The van der Waals surface area contributed by atoms with Gasteiger partial charge >= 0.3 is 0 Å². The minimum Gasteiger partial charge on any atom is -0.399 e. The molecule has 0 bridgehead atoms. The number of hydrogen-bond donors (Lipinski definition) is 1. The summed E-state index contributed by atoms with van der Waals surface area (Å²) in [6.45, 7) is 3.75. The van der Waals surface area contributed by atoms with Gasteiger partial charge in [-0.15, -0.1) is 0 Å². The lowest BCUT2D eigenvalue weighted by Gasteiger charge is -2.38. The molecule has 0 amide bonds. The van der Waals surface area contributed by atoms with Gasteiger partial charge in [-0.05, 0) is 44.1 Å². The molecule has 2 aliphatic rings. The number of nitrogens with zero attached hydrogens (tertiary/aromatic N) is 1. The summed E-state index contributed by atoms with van der Waals surface area (Å²) < 4.78 is 0. The van der Waals surface area contributed by atoms with Crippen molar-refractivity contribution in [3.63, 3.8) is 0 Å². The zero-order chi connectivity index (χ0) is 15.3. The zero-order valence-electron chi connectivity index (χ0n) is 13.8. The molecule has 2 nitrogen and oxygen atoms in total. The van der Waals surface area contributed by atoms with E-state index in [1.807, 2.05) is 0 Å². The van der Waals surface area contributed by atoms with Crippen molar-refractivity contribution in [2.24, 2.45) is 0 Å². The van der Waals surface area contributed by atoms with E-state index in [2.05, 4.69) is 35.2 Å². The lowest BCUT2D eigenvalue weighted by atomic mass is 10.1. The summed E-state index contributed by atoms with van der Waals surface area (Å²) in [5.74, 6) is 0. The van der Waals surface area contributed by atoms with E-state index >= 15 is 0 Å². The molecule has 1 aliphatic heterocycles. The average Bonchev–Trinajstić information content (AvgIpc) is 3.13. The first kappa shape index (κ1) is 16.2. The molecule has 1 heterocycles. The van der Waals surface area contributed by atoms with Crippen molar-refractivity contribution >= 4 is 13.3 Å². The van der Waals surface area contributed by atoms with Crippen molar-refractivity contribution in [3.8, 4) is 0 Å². The number of benzene rings is 1. The van der Waals surface area contributed by atoms with Gasteiger partial charge in [0.25, 0.3) is 0 Å². The summed E-state index contributed by atoms with van der Waals surface area (Å²) in [6, 6.07) is 12.3. The van der Waals surface area contributed by atoms with Crippen LogP contribution in [0.5, 0.6) is 0 Å². The van der Waals surface area contributed by atoms with Crippen molar-refractivity contribution < 1.29 is 5.11 Å². The first-order chi connectivity index (χ1) is 10.8. The molecule has 1 atom stereocenters. The van der Waals surface area contributed by atoms with Crippen LogP contribution >= 0.6 is 0 Å². The smallest absolute Gasteiger partial charge is 0.119 e. The van der Waals surface area contributed by atoms with Gasteiger partial charge in [0.15, 0.2) is 0 Å². The quantitative estimate of drug-likeness (QED) is 0.814. The van der Waals surface area contributed by atoms with Crippen LogP contribution in [0.2, 0.25) is 11.6 Å². The molecule has 1 N–H and O–H groups in total.